The molecule has 8 nitrogen and oxygen atoms in total. The number of hydrogen-bond acceptors (Lipinski definition) is 5. The highest BCUT2D eigenvalue weighted by atomic mass is 32.2. The van der Waals surface area contributed by atoms with Crippen LogP contribution < -0.4 is 0 Å². The molecule has 0 aliphatic heterocycles. The number of halogens is 1. The molecule has 0 aliphatic carbocycles. The molecule has 2 heterocycles. The van der Waals surface area contributed by atoms with Crippen LogP contribution in [-0.2, 0) is 16.4 Å². The largest absolute Gasteiger partial charge is 0.465 e. The molecule has 0 unspecified atom stereocenters. The van der Waals surface area contributed by atoms with Crippen LogP contribution in [0.1, 0.15) is 17.0 Å². The first-order chi connectivity index (χ1) is 13.6. The van der Waals surface area contributed by atoms with E-state index in [1.807, 2.05) is 0 Å². The highest BCUT2D eigenvalue weighted by molar-refractivity contribution is 7.91. The van der Waals surface area contributed by atoms with E-state index >= 15 is 0 Å². The average Bonchev–Trinajstić information content (AvgIpc) is 3.06. The van der Waals surface area contributed by atoms with E-state index < -0.39 is 21.7 Å². The Morgan fingerprint density at radius 2 is 1.93 bits per heavy atom. The van der Waals surface area contributed by atoms with Gasteiger partial charge in [-0.2, -0.15) is 5.10 Å². The summed E-state index contributed by atoms with van der Waals surface area (Å²) in [5, 5.41) is 13.0. The molecule has 0 bridgehead atoms. The smallest absolute Gasteiger partial charge is 0.407 e. The Labute approximate surface area is 167 Å². The third-order valence-corrected chi connectivity index (χ3v) is 5.96. The van der Waals surface area contributed by atoms with Crippen molar-refractivity contribution >= 4 is 15.9 Å². The molecule has 3 aromatic rings. The van der Waals surface area contributed by atoms with Crippen molar-refractivity contribution in [2.75, 3.05) is 7.05 Å². The fourth-order valence-corrected chi connectivity index (χ4v) is 4.02. The quantitative estimate of drug-likeness (QED) is 0.683. The van der Waals surface area contributed by atoms with Gasteiger partial charge in [0.25, 0.3) is 0 Å². The summed E-state index contributed by atoms with van der Waals surface area (Å²) in [5.74, 6) is -0.648. The van der Waals surface area contributed by atoms with Gasteiger partial charge in [-0.3, -0.25) is 4.98 Å². The van der Waals surface area contributed by atoms with E-state index in [0.717, 1.165) is 9.58 Å². The second kappa shape index (κ2) is 7.63. The molecule has 0 aliphatic rings. The van der Waals surface area contributed by atoms with Gasteiger partial charge in [0, 0.05) is 25.0 Å². The number of carbonyl (C=O) groups is 1. The number of aryl methyl sites for hydroxylation is 2. The summed E-state index contributed by atoms with van der Waals surface area (Å²) >= 11 is 0. The van der Waals surface area contributed by atoms with E-state index in [9.17, 15) is 17.6 Å². The van der Waals surface area contributed by atoms with E-state index in [4.69, 9.17) is 5.11 Å². The molecule has 0 spiro atoms. The number of benzene rings is 1. The Morgan fingerprint density at radius 1 is 1.21 bits per heavy atom. The Balaban J connectivity index is 2.19. The Kier molecular flexibility index (Phi) is 5.38. The van der Waals surface area contributed by atoms with Crippen molar-refractivity contribution in [3.05, 3.63) is 65.4 Å². The Bertz CT molecular complexity index is 1170. The van der Waals surface area contributed by atoms with Gasteiger partial charge in [-0.1, -0.05) is 6.07 Å². The van der Waals surface area contributed by atoms with Crippen molar-refractivity contribution in [3.63, 3.8) is 0 Å². The number of sulfone groups is 1. The highest BCUT2D eigenvalue weighted by Crippen LogP contribution is 2.26. The van der Waals surface area contributed by atoms with Gasteiger partial charge in [0.05, 0.1) is 17.1 Å². The predicted octanol–water partition coefficient (Wildman–Crippen LogP) is 2.97. The number of nitrogens with zero attached hydrogens (tertiary/aromatic N) is 4. The van der Waals surface area contributed by atoms with E-state index in [1.54, 1.807) is 26.0 Å². The molecule has 0 radical (unpaired) electrons. The monoisotopic (exact) mass is 418 g/mol. The van der Waals surface area contributed by atoms with Crippen LogP contribution in [0.3, 0.4) is 0 Å². The van der Waals surface area contributed by atoms with Crippen molar-refractivity contribution in [1.29, 1.82) is 0 Å². The van der Waals surface area contributed by atoms with Gasteiger partial charge in [-0.05, 0) is 43.7 Å². The molecule has 0 fully saturated rings. The molecule has 10 heteroatoms. The zero-order valence-electron chi connectivity index (χ0n) is 16.0. The van der Waals surface area contributed by atoms with E-state index in [-0.39, 0.29) is 27.8 Å². The van der Waals surface area contributed by atoms with Crippen LogP contribution in [0.4, 0.5) is 9.18 Å². The lowest BCUT2D eigenvalue weighted by Crippen LogP contribution is -2.24. The minimum absolute atomic E-state index is 0.0570. The molecule has 1 amide bonds. The SMILES string of the molecule is Cc1ccc(-n2nc(CN(C)C(=O)O)cc2S(=O)(=O)c2ccc(C)nc2)c(F)c1. The van der Waals surface area contributed by atoms with E-state index in [2.05, 4.69) is 10.1 Å². The standard InChI is InChI=1S/C19H19FN4O4S/c1-12-4-7-17(16(20)8-12)24-18(9-14(22-24)11-23(3)19(25)26)29(27,28)15-6-5-13(2)21-10-15/h4-10H,11H2,1-3H3,(H,25,26). The molecule has 0 saturated heterocycles. The summed E-state index contributed by atoms with van der Waals surface area (Å²) in [7, 11) is -2.77. The van der Waals surface area contributed by atoms with Gasteiger partial charge in [-0.25, -0.2) is 22.3 Å². The minimum Gasteiger partial charge on any atom is -0.465 e. The van der Waals surface area contributed by atoms with Gasteiger partial charge in [0.15, 0.2) is 5.03 Å². The fourth-order valence-electron chi connectivity index (χ4n) is 2.68. The summed E-state index contributed by atoms with van der Waals surface area (Å²) in [6, 6.07) is 8.53. The van der Waals surface area contributed by atoms with Gasteiger partial charge in [0.1, 0.15) is 11.5 Å². The lowest BCUT2D eigenvalue weighted by atomic mass is 10.2. The van der Waals surface area contributed by atoms with Crippen LogP contribution in [0, 0.1) is 19.7 Å². The number of hydrogen-bond donors (Lipinski definition) is 1. The van der Waals surface area contributed by atoms with Crippen LogP contribution >= 0.6 is 0 Å². The first-order valence-electron chi connectivity index (χ1n) is 8.57. The molecule has 0 saturated carbocycles. The van der Waals surface area contributed by atoms with E-state index in [0.29, 0.717) is 11.3 Å². The molecule has 2 aromatic heterocycles. The molecular weight excluding hydrogens is 399 g/mol. The third kappa shape index (κ3) is 4.11. The summed E-state index contributed by atoms with van der Waals surface area (Å²) in [6.07, 6.45) is 0.0181. The maximum absolute atomic E-state index is 14.6. The molecule has 1 N–H and O–H groups in total. The lowest BCUT2D eigenvalue weighted by molar-refractivity contribution is 0.153. The van der Waals surface area contributed by atoms with Gasteiger partial charge in [0.2, 0.25) is 9.84 Å². The van der Waals surface area contributed by atoms with Crippen LogP contribution in [-0.4, -0.2) is 46.3 Å². The summed E-state index contributed by atoms with van der Waals surface area (Å²) in [5.41, 5.74) is 1.41. The molecule has 0 atom stereocenters. The normalized spacial score (nSPS) is 11.4. The van der Waals surface area contributed by atoms with Crippen LogP contribution in [0.5, 0.6) is 0 Å². The number of rotatable bonds is 5. The van der Waals surface area contributed by atoms with Gasteiger partial charge >= 0.3 is 6.09 Å². The molecule has 152 valence electrons. The number of aromatic nitrogens is 3. The second-order valence-electron chi connectivity index (χ2n) is 6.62. The van der Waals surface area contributed by atoms with Crippen molar-refractivity contribution < 1.29 is 22.7 Å². The lowest BCUT2D eigenvalue weighted by Gasteiger charge is -2.10. The maximum atomic E-state index is 14.6. The summed E-state index contributed by atoms with van der Waals surface area (Å²) in [6.45, 7) is 3.27. The van der Waals surface area contributed by atoms with Crippen LogP contribution in [0.2, 0.25) is 0 Å². The Morgan fingerprint density at radius 3 is 2.52 bits per heavy atom. The second-order valence-corrected chi connectivity index (χ2v) is 8.51. The average molecular weight is 418 g/mol. The molecule has 3 rings (SSSR count). The van der Waals surface area contributed by atoms with Crippen molar-refractivity contribution in [2.24, 2.45) is 0 Å². The summed E-state index contributed by atoms with van der Waals surface area (Å²) in [4.78, 5) is 16.0. The third-order valence-electron chi connectivity index (χ3n) is 4.25. The first kappa shape index (κ1) is 20.5. The maximum Gasteiger partial charge on any atom is 0.407 e. The number of amides is 1. The minimum atomic E-state index is -4.09. The fraction of sp³-hybridized carbons (Fsp3) is 0.211. The van der Waals surface area contributed by atoms with Gasteiger partial charge in [-0.15, -0.1) is 0 Å². The van der Waals surface area contributed by atoms with Crippen molar-refractivity contribution in [1.82, 2.24) is 19.7 Å². The summed E-state index contributed by atoms with van der Waals surface area (Å²) < 4.78 is 42.0. The van der Waals surface area contributed by atoms with Crippen molar-refractivity contribution in [3.8, 4) is 5.69 Å². The zero-order chi connectivity index (χ0) is 21.3. The number of pyridine rings is 1. The number of carboxylic acid groups (broad SMARTS) is 1. The first-order valence-corrected chi connectivity index (χ1v) is 10.0. The van der Waals surface area contributed by atoms with Gasteiger partial charge < -0.3 is 10.0 Å². The molecule has 29 heavy (non-hydrogen) atoms. The topological polar surface area (TPSA) is 105 Å². The predicted molar refractivity (Wildman–Crippen MR) is 102 cm³/mol. The van der Waals surface area contributed by atoms with E-state index in [1.165, 1.54) is 37.5 Å². The van der Waals surface area contributed by atoms with Crippen molar-refractivity contribution in [2.45, 2.75) is 30.3 Å². The molecular formula is C19H19FN4O4S. The molecule has 1 aromatic carbocycles. The van der Waals surface area contributed by atoms with Crippen LogP contribution in [0.25, 0.3) is 5.69 Å². The highest BCUT2D eigenvalue weighted by Gasteiger charge is 2.27. The Hall–Kier alpha value is -3.27. The zero-order valence-corrected chi connectivity index (χ0v) is 16.8. The van der Waals surface area contributed by atoms with Crippen LogP contribution in [0.15, 0.2) is 52.5 Å².